The van der Waals surface area contributed by atoms with Gasteiger partial charge in [0, 0.05) is 40.5 Å². The standard InChI is InChI=1S/C13H26N2O4/c1-17-8-3-6-15(7-9-18-2)13(16)12-5-4-11(10-14)19-12/h11-12H,3-10,14H2,1-2H3/t11-,12+/m1/s1. The smallest absolute Gasteiger partial charge is 0.251 e. The van der Waals surface area contributed by atoms with Crippen molar-refractivity contribution in [1.82, 2.24) is 4.90 Å². The zero-order chi connectivity index (χ0) is 14.1. The Labute approximate surface area is 115 Å². The number of hydrogen-bond donors (Lipinski definition) is 1. The Kier molecular flexibility index (Phi) is 7.97. The second kappa shape index (κ2) is 9.25. The van der Waals surface area contributed by atoms with Gasteiger partial charge in [-0.15, -0.1) is 0 Å². The molecule has 2 atom stereocenters. The molecule has 6 heteroatoms. The average molecular weight is 274 g/mol. The largest absolute Gasteiger partial charge is 0.385 e. The number of carbonyl (C=O) groups is 1. The fourth-order valence-corrected chi connectivity index (χ4v) is 2.20. The van der Waals surface area contributed by atoms with Crippen LogP contribution < -0.4 is 5.73 Å². The Bertz CT molecular complexity index is 263. The van der Waals surface area contributed by atoms with Gasteiger partial charge in [-0.1, -0.05) is 0 Å². The number of ether oxygens (including phenoxy) is 3. The molecule has 1 amide bonds. The maximum absolute atomic E-state index is 12.4. The lowest BCUT2D eigenvalue weighted by Gasteiger charge is -2.25. The summed E-state index contributed by atoms with van der Waals surface area (Å²) in [6.45, 7) is 2.92. The summed E-state index contributed by atoms with van der Waals surface area (Å²) >= 11 is 0. The van der Waals surface area contributed by atoms with Gasteiger partial charge < -0.3 is 24.8 Å². The Morgan fingerprint density at radius 3 is 2.58 bits per heavy atom. The van der Waals surface area contributed by atoms with Crippen LogP contribution in [0.25, 0.3) is 0 Å². The molecule has 0 bridgehead atoms. The molecule has 0 aliphatic carbocycles. The average Bonchev–Trinajstić information content (AvgIpc) is 2.91. The first kappa shape index (κ1) is 16.4. The summed E-state index contributed by atoms with van der Waals surface area (Å²) in [5.74, 6) is 0.0455. The zero-order valence-electron chi connectivity index (χ0n) is 12.0. The number of hydrogen-bond acceptors (Lipinski definition) is 5. The molecule has 2 N–H and O–H groups in total. The highest BCUT2D eigenvalue weighted by Gasteiger charge is 2.32. The summed E-state index contributed by atoms with van der Waals surface area (Å²) in [5.41, 5.74) is 5.56. The lowest BCUT2D eigenvalue weighted by Crippen LogP contribution is -2.42. The molecular weight excluding hydrogens is 248 g/mol. The van der Waals surface area contributed by atoms with Crippen LogP contribution >= 0.6 is 0 Å². The molecule has 19 heavy (non-hydrogen) atoms. The van der Waals surface area contributed by atoms with Gasteiger partial charge in [0.2, 0.25) is 0 Å². The van der Waals surface area contributed by atoms with Crippen LogP contribution in [0.4, 0.5) is 0 Å². The molecule has 0 aromatic rings. The van der Waals surface area contributed by atoms with Crippen molar-refractivity contribution >= 4 is 5.91 Å². The van der Waals surface area contributed by atoms with Gasteiger partial charge in [0.05, 0.1) is 12.7 Å². The van der Waals surface area contributed by atoms with Gasteiger partial charge in [0.15, 0.2) is 0 Å². The fraction of sp³-hybridized carbons (Fsp3) is 0.923. The monoisotopic (exact) mass is 274 g/mol. The molecule has 0 radical (unpaired) electrons. The number of carbonyl (C=O) groups excluding carboxylic acids is 1. The van der Waals surface area contributed by atoms with E-state index in [1.54, 1.807) is 19.1 Å². The van der Waals surface area contributed by atoms with Gasteiger partial charge >= 0.3 is 0 Å². The van der Waals surface area contributed by atoms with Crippen molar-refractivity contribution < 1.29 is 19.0 Å². The highest BCUT2D eigenvalue weighted by atomic mass is 16.5. The number of amides is 1. The third-order valence-corrected chi connectivity index (χ3v) is 3.30. The van der Waals surface area contributed by atoms with Gasteiger partial charge in [-0.3, -0.25) is 4.79 Å². The van der Waals surface area contributed by atoms with Crippen LogP contribution in [0.2, 0.25) is 0 Å². The van der Waals surface area contributed by atoms with Crippen molar-refractivity contribution in [3.8, 4) is 0 Å². The molecule has 0 aromatic heterocycles. The van der Waals surface area contributed by atoms with E-state index in [1.165, 1.54) is 0 Å². The number of methoxy groups -OCH3 is 2. The molecule has 0 saturated carbocycles. The van der Waals surface area contributed by atoms with Crippen molar-refractivity contribution in [2.24, 2.45) is 5.73 Å². The molecular formula is C13H26N2O4. The minimum atomic E-state index is -0.340. The molecule has 0 unspecified atom stereocenters. The summed E-state index contributed by atoms with van der Waals surface area (Å²) < 4.78 is 15.7. The molecule has 1 aliphatic heterocycles. The second-order valence-electron chi connectivity index (χ2n) is 4.72. The van der Waals surface area contributed by atoms with Gasteiger partial charge in [0.1, 0.15) is 6.10 Å². The normalized spacial score (nSPS) is 22.7. The number of rotatable bonds is 9. The van der Waals surface area contributed by atoms with Gasteiger partial charge in [0.25, 0.3) is 5.91 Å². The Morgan fingerprint density at radius 1 is 1.26 bits per heavy atom. The highest BCUT2D eigenvalue weighted by molar-refractivity contribution is 5.81. The van der Waals surface area contributed by atoms with E-state index >= 15 is 0 Å². The van der Waals surface area contributed by atoms with E-state index in [0.717, 1.165) is 19.3 Å². The zero-order valence-corrected chi connectivity index (χ0v) is 12.0. The predicted molar refractivity (Wildman–Crippen MR) is 71.9 cm³/mol. The highest BCUT2D eigenvalue weighted by Crippen LogP contribution is 2.20. The van der Waals surface area contributed by atoms with Gasteiger partial charge in [-0.05, 0) is 19.3 Å². The Hall–Kier alpha value is -0.690. The maximum atomic E-state index is 12.4. The lowest BCUT2D eigenvalue weighted by atomic mass is 10.1. The molecule has 6 nitrogen and oxygen atoms in total. The quantitative estimate of drug-likeness (QED) is 0.599. The maximum Gasteiger partial charge on any atom is 0.251 e. The van der Waals surface area contributed by atoms with Crippen LogP contribution in [0, 0.1) is 0 Å². The van der Waals surface area contributed by atoms with Crippen molar-refractivity contribution in [2.75, 3.05) is 47.1 Å². The molecule has 1 saturated heterocycles. The summed E-state index contributed by atoms with van der Waals surface area (Å²) in [6, 6.07) is 0. The van der Waals surface area contributed by atoms with E-state index in [9.17, 15) is 4.79 Å². The Morgan fingerprint density at radius 2 is 2.00 bits per heavy atom. The third kappa shape index (κ3) is 5.44. The topological polar surface area (TPSA) is 74.0 Å². The van der Waals surface area contributed by atoms with Crippen LogP contribution in [-0.2, 0) is 19.0 Å². The minimum absolute atomic E-state index is 0.0252. The van der Waals surface area contributed by atoms with E-state index < -0.39 is 0 Å². The molecule has 1 rings (SSSR count). The second-order valence-corrected chi connectivity index (χ2v) is 4.72. The van der Waals surface area contributed by atoms with Crippen molar-refractivity contribution in [2.45, 2.75) is 31.5 Å². The summed E-state index contributed by atoms with van der Waals surface area (Å²) in [5, 5.41) is 0. The first-order valence-corrected chi connectivity index (χ1v) is 6.85. The SMILES string of the molecule is COCCCN(CCOC)C(=O)[C@@H]1CC[C@H](CN)O1. The summed E-state index contributed by atoms with van der Waals surface area (Å²) in [6.07, 6.45) is 2.13. The predicted octanol–water partition coefficient (Wildman–Crippen LogP) is 0.00420. The molecule has 0 spiro atoms. The molecule has 1 aliphatic rings. The van der Waals surface area contributed by atoms with Crippen molar-refractivity contribution in [1.29, 1.82) is 0 Å². The van der Waals surface area contributed by atoms with Crippen LogP contribution in [0.5, 0.6) is 0 Å². The Balaban J connectivity index is 2.45. The van der Waals surface area contributed by atoms with Gasteiger partial charge in [-0.2, -0.15) is 0 Å². The van der Waals surface area contributed by atoms with Crippen molar-refractivity contribution in [3.05, 3.63) is 0 Å². The van der Waals surface area contributed by atoms with Crippen LogP contribution in [-0.4, -0.2) is 70.1 Å². The fourth-order valence-electron chi connectivity index (χ4n) is 2.20. The van der Waals surface area contributed by atoms with E-state index in [0.29, 0.717) is 32.8 Å². The number of nitrogens with zero attached hydrogens (tertiary/aromatic N) is 1. The van der Waals surface area contributed by atoms with Crippen LogP contribution in [0.1, 0.15) is 19.3 Å². The molecule has 112 valence electrons. The lowest BCUT2D eigenvalue weighted by molar-refractivity contribution is -0.143. The van der Waals surface area contributed by atoms with Crippen LogP contribution in [0.15, 0.2) is 0 Å². The van der Waals surface area contributed by atoms with Gasteiger partial charge in [-0.25, -0.2) is 0 Å². The molecule has 1 fully saturated rings. The summed E-state index contributed by atoms with van der Waals surface area (Å²) in [7, 11) is 3.29. The minimum Gasteiger partial charge on any atom is -0.385 e. The molecule has 1 heterocycles. The first-order chi connectivity index (χ1) is 9.22. The van der Waals surface area contributed by atoms with E-state index in [2.05, 4.69) is 0 Å². The van der Waals surface area contributed by atoms with E-state index in [4.69, 9.17) is 19.9 Å². The first-order valence-electron chi connectivity index (χ1n) is 6.85. The summed E-state index contributed by atoms with van der Waals surface area (Å²) in [4.78, 5) is 14.2. The number of nitrogens with two attached hydrogens (primary N) is 1. The van der Waals surface area contributed by atoms with E-state index in [1.807, 2.05) is 0 Å². The van der Waals surface area contributed by atoms with Crippen LogP contribution in [0.3, 0.4) is 0 Å². The van der Waals surface area contributed by atoms with E-state index in [-0.39, 0.29) is 18.1 Å². The van der Waals surface area contributed by atoms with Crippen molar-refractivity contribution in [3.63, 3.8) is 0 Å². The molecule has 0 aromatic carbocycles. The third-order valence-electron chi connectivity index (χ3n) is 3.30.